The molecule has 1 aliphatic rings. The topological polar surface area (TPSA) is 82.1 Å². The average Bonchev–Trinajstić information content (AvgIpc) is 3.18. The number of nitrogens with two attached hydrogens (primary N) is 1. The molecule has 0 unspecified atom stereocenters. The summed E-state index contributed by atoms with van der Waals surface area (Å²) in [5, 5.41) is 0. The molecule has 2 aromatic heterocycles. The van der Waals surface area contributed by atoms with Crippen molar-refractivity contribution in [3.05, 3.63) is 66.0 Å². The number of hydrogen-bond acceptors (Lipinski definition) is 6. The van der Waals surface area contributed by atoms with E-state index in [1.807, 2.05) is 30.6 Å². The van der Waals surface area contributed by atoms with Crippen molar-refractivity contribution in [3.8, 4) is 11.3 Å². The third-order valence-corrected chi connectivity index (χ3v) is 5.37. The van der Waals surface area contributed by atoms with Crippen LogP contribution in [0.5, 0.6) is 0 Å². The number of hydrogen-bond donors (Lipinski definition) is 1. The van der Waals surface area contributed by atoms with E-state index in [1.165, 1.54) is 5.56 Å². The van der Waals surface area contributed by atoms with Gasteiger partial charge in [0.25, 0.3) is 0 Å². The van der Waals surface area contributed by atoms with E-state index >= 15 is 0 Å². The Kier molecular flexibility index (Phi) is 4.80. The highest BCUT2D eigenvalue weighted by Gasteiger charge is 2.20. The minimum Gasteiger partial charge on any atom is -0.399 e. The van der Waals surface area contributed by atoms with Gasteiger partial charge in [-0.15, -0.1) is 0 Å². The molecule has 0 spiro atoms. The van der Waals surface area contributed by atoms with Gasteiger partial charge in [0.05, 0.1) is 26.1 Å². The van der Waals surface area contributed by atoms with Crippen molar-refractivity contribution in [2.45, 2.75) is 13.5 Å². The molecular formula is C23H24N6O. The molecule has 3 heterocycles. The lowest BCUT2D eigenvalue weighted by atomic mass is 10.1. The highest BCUT2D eigenvalue weighted by atomic mass is 16.5. The highest BCUT2D eigenvalue weighted by Crippen LogP contribution is 2.28. The molecule has 7 heteroatoms. The zero-order chi connectivity index (χ0) is 20.5. The number of nitrogen functional groups attached to an aromatic ring is 1. The van der Waals surface area contributed by atoms with Gasteiger partial charge < -0.3 is 19.9 Å². The molecule has 2 N–H and O–H groups in total. The standard InChI is InChI=1S/C23H24N6O/c1-16-3-2-4-18(13-16)20-21-22(27-23(26-20)28-9-11-30-12-10-28)29(15-25-21)14-17-5-7-19(24)8-6-17/h2-8,13,15H,9-12,14,24H2,1H3. The van der Waals surface area contributed by atoms with Gasteiger partial charge in [-0.25, -0.2) is 9.97 Å². The number of nitrogens with zero attached hydrogens (tertiary/aromatic N) is 5. The van der Waals surface area contributed by atoms with Gasteiger partial charge in [0.1, 0.15) is 11.2 Å². The molecule has 1 fully saturated rings. The van der Waals surface area contributed by atoms with Crippen molar-refractivity contribution in [1.82, 2.24) is 19.5 Å². The molecule has 0 aliphatic carbocycles. The third-order valence-electron chi connectivity index (χ3n) is 5.37. The molecule has 0 atom stereocenters. The summed E-state index contributed by atoms with van der Waals surface area (Å²) in [6.45, 7) is 5.70. The zero-order valence-electron chi connectivity index (χ0n) is 17.0. The van der Waals surface area contributed by atoms with Crippen molar-refractivity contribution >= 4 is 22.8 Å². The number of aryl methyl sites for hydroxylation is 1. The molecule has 0 bridgehead atoms. The van der Waals surface area contributed by atoms with Gasteiger partial charge in [0, 0.05) is 24.3 Å². The smallest absolute Gasteiger partial charge is 0.228 e. The lowest BCUT2D eigenvalue weighted by Crippen LogP contribution is -2.37. The van der Waals surface area contributed by atoms with Crippen molar-refractivity contribution in [2.24, 2.45) is 0 Å². The summed E-state index contributed by atoms with van der Waals surface area (Å²) < 4.78 is 7.59. The Morgan fingerprint density at radius 2 is 1.83 bits per heavy atom. The maximum absolute atomic E-state index is 5.83. The summed E-state index contributed by atoms with van der Waals surface area (Å²) in [7, 11) is 0. The number of benzene rings is 2. The van der Waals surface area contributed by atoms with Gasteiger partial charge in [0.15, 0.2) is 5.65 Å². The number of fused-ring (bicyclic) bond motifs is 1. The van der Waals surface area contributed by atoms with Gasteiger partial charge in [0.2, 0.25) is 5.95 Å². The summed E-state index contributed by atoms with van der Waals surface area (Å²) in [5.41, 5.74) is 12.5. The second-order valence-corrected chi connectivity index (χ2v) is 7.63. The summed E-state index contributed by atoms with van der Waals surface area (Å²) in [6.07, 6.45) is 1.85. The SMILES string of the molecule is Cc1cccc(-c2nc(N3CCOCC3)nc3c2ncn3Cc2ccc(N)cc2)c1. The summed E-state index contributed by atoms with van der Waals surface area (Å²) in [5.74, 6) is 0.723. The lowest BCUT2D eigenvalue weighted by molar-refractivity contribution is 0.122. The van der Waals surface area contributed by atoms with Crippen LogP contribution >= 0.6 is 0 Å². The zero-order valence-corrected chi connectivity index (χ0v) is 17.0. The van der Waals surface area contributed by atoms with Crippen LogP contribution in [0.3, 0.4) is 0 Å². The van der Waals surface area contributed by atoms with E-state index in [0.717, 1.165) is 52.7 Å². The largest absolute Gasteiger partial charge is 0.399 e. The van der Waals surface area contributed by atoms with E-state index in [0.29, 0.717) is 19.8 Å². The van der Waals surface area contributed by atoms with Gasteiger partial charge in [-0.3, -0.25) is 0 Å². The maximum atomic E-state index is 5.83. The number of aromatic nitrogens is 4. The number of ether oxygens (including phenoxy) is 1. The molecule has 0 radical (unpaired) electrons. The molecule has 30 heavy (non-hydrogen) atoms. The molecule has 5 rings (SSSR count). The fourth-order valence-electron chi connectivity index (χ4n) is 3.77. The van der Waals surface area contributed by atoms with Gasteiger partial charge in [-0.05, 0) is 30.7 Å². The minimum absolute atomic E-state index is 0.670. The van der Waals surface area contributed by atoms with Crippen LogP contribution in [0, 0.1) is 6.92 Å². The molecule has 1 aliphatic heterocycles. The van der Waals surface area contributed by atoms with Crippen LogP contribution in [0.2, 0.25) is 0 Å². The number of anilines is 2. The van der Waals surface area contributed by atoms with Crippen LogP contribution in [0.4, 0.5) is 11.6 Å². The maximum Gasteiger partial charge on any atom is 0.228 e. The Morgan fingerprint density at radius 1 is 1.03 bits per heavy atom. The van der Waals surface area contributed by atoms with E-state index in [1.54, 1.807) is 0 Å². The predicted octanol–water partition coefficient (Wildman–Crippen LogP) is 3.27. The summed E-state index contributed by atoms with van der Waals surface area (Å²) >= 11 is 0. The molecule has 0 amide bonds. The molecule has 2 aromatic carbocycles. The Balaban J connectivity index is 1.64. The Bertz CT molecular complexity index is 1180. The van der Waals surface area contributed by atoms with Crippen LogP contribution in [-0.4, -0.2) is 45.8 Å². The van der Waals surface area contributed by atoms with E-state index in [2.05, 4.69) is 40.7 Å². The van der Waals surface area contributed by atoms with Crippen LogP contribution < -0.4 is 10.6 Å². The van der Waals surface area contributed by atoms with E-state index in [9.17, 15) is 0 Å². The van der Waals surface area contributed by atoms with Crippen molar-refractivity contribution in [3.63, 3.8) is 0 Å². The fraction of sp³-hybridized carbons (Fsp3) is 0.261. The van der Waals surface area contributed by atoms with Crippen LogP contribution in [0.15, 0.2) is 54.9 Å². The third kappa shape index (κ3) is 3.59. The fourth-order valence-corrected chi connectivity index (χ4v) is 3.77. The van der Waals surface area contributed by atoms with E-state index < -0.39 is 0 Å². The van der Waals surface area contributed by atoms with Gasteiger partial charge >= 0.3 is 0 Å². The van der Waals surface area contributed by atoms with Crippen LogP contribution in [0.1, 0.15) is 11.1 Å². The van der Waals surface area contributed by atoms with Gasteiger partial charge in [-0.1, -0.05) is 35.9 Å². The number of morpholine rings is 1. The van der Waals surface area contributed by atoms with Crippen molar-refractivity contribution in [1.29, 1.82) is 0 Å². The van der Waals surface area contributed by atoms with Gasteiger partial charge in [-0.2, -0.15) is 4.98 Å². The summed E-state index contributed by atoms with van der Waals surface area (Å²) in [4.78, 5) is 16.7. The second kappa shape index (κ2) is 7.76. The van der Waals surface area contributed by atoms with Crippen LogP contribution in [-0.2, 0) is 11.3 Å². The average molecular weight is 400 g/mol. The van der Waals surface area contributed by atoms with Crippen molar-refractivity contribution < 1.29 is 4.74 Å². The summed E-state index contributed by atoms with van der Waals surface area (Å²) in [6, 6.07) is 16.3. The first-order chi connectivity index (χ1) is 14.7. The first-order valence-corrected chi connectivity index (χ1v) is 10.1. The highest BCUT2D eigenvalue weighted by molar-refractivity contribution is 5.88. The van der Waals surface area contributed by atoms with Crippen molar-refractivity contribution in [2.75, 3.05) is 36.9 Å². The molecular weight excluding hydrogens is 376 g/mol. The molecule has 4 aromatic rings. The normalized spacial score (nSPS) is 14.4. The number of rotatable bonds is 4. The quantitative estimate of drug-likeness (QED) is 0.530. The van der Waals surface area contributed by atoms with E-state index in [4.69, 9.17) is 25.4 Å². The lowest BCUT2D eigenvalue weighted by Gasteiger charge is -2.27. The minimum atomic E-state index is 0.670. The monoisotopic (exact) mass is 400 g/mol. The first kappa shape index (κ1) is 18.6. The van der Waals surface area contributed by atoms with Crippen LogP contribution in [0.25, 0.3) is 22.4 Å². The predicted molar refractivity (Wildman–Crippen MR) is 118 cm³/mol. The molecule has 7 nitrogen and oxygen atoms in total. The Morgan fingerprint density at radius 3 is 2.60 bits per heavy atom. The first-order valence-electron chi connectivity index (χ1n) is 10.1. The Hall–Kier alpha value is -3.45. The second-order valence-electron chi connectivity index (χ2n) is 7.63. The number of imidazole rings is 1. The van der Waals surface area contributed by atoms with E-state index in [-0.39, 0.29) is 0 Å². The molecule has 152 valence electrons. The molecule has 1 saturated heterocycles. The molecule has 0 saturated carbocycles. The Labute approximate surface area is 175 Å².